The first-order valence-electron chi connectivity index (χ1n) is 8.58. The number of methoxy groups -OCH3 is 1. The third-order valence-corrected chi connectivity index (χ3v) is 4.90. The van der Waals surface area contributed by atoms with Crippen molar-refractivity contribution in [2.75, 3.05) is 17.7 Å². The van der Waals surface area contributed by atoms with E-state index in [4.69, 9.17) is 28.6 Å². The summed E-state index contributed by atoms with van der Waals surface area (Å²) in [7, 11) is 1.62. The Morgan fingerprint density at radius 3 is 2.54 bits per heavy atom. The summed E-state index contributed by atoms with van der Waals surface area (Å²) in [6.07, 6.45) is 0. The monoisotopic (exact) mass is 418 g/mol. The van der Waals surface area contributed by atoms with Crippen LogP contribution in [-0.4, -0.2) is 22.0 Å². The molecule has 0 spiro atoms. The topological polar surface area (TPSA) is 51.1 Å². The molecule has 1 aromatic heterocycles. The second-order valence-corrected chi connectivity index (χ2v) is 7.03. The lowest BCUT2D eigenvalue weighted by atomic mass is 10.2. The Kier molecular flexibility index (Phi) is 6.16. The Balaban J connectivity index is 1.75. The summed E-state index contributed by atoms with van der Waals surface area (Å²) in [5.74, 6) is 0.412. The van der Waals surface area contributed by atoms with Crippen LogP contribution in [0.5, 0.6) is 5.75 Å². The molecule has 0 bridgehead atoms. The van der Waals surface area contributed by atoms with Crippen molar-refractivity contribution in [1.82, 2.24) is 9.78 Å². The first-order chi connectivity index (χ1) is 13.4. The van der Waals surface area contributed by atoms with E-state index in [1.165, 1.54) is 6.07 Å². The van der Waals surface area contributed by atoms with Crippen molar-refractivity contribution in [3.05, 3.63) is 70.3 Å². The van der Waals surface area contributed by atoms with Crippen LogP contribution < -0.4 is 15.4 Å². The molecular formula is C20H20ClFN4OS. The van der Waals surface area contributed by atoms with Gasteiger partial charge in [0.2, 0.25) is 0 Å². The summed E-state index contributed by atoms with van der Waals surface area (Å²) >= 11 is 11.5. The maximum Gasteiger partial charge on any atom is 0.175 e. The molecule has 0 amide bonds. The highest BCUT2D eigenvalue weighted by Gasteiger charge is 2.16. The van der Waals surface area contributed by atoms with Crippen LogP contribution in [0.4, 0.5) is 15.8 Å². The number of halogens is 2. The van der Waals surface area contributed by atoms with Crippen molar-refractivity contribution in [2.45, 2.75) is 20.4 Å². The smallest absolute Gasteiger partial charge is 0.175 e. The van der Waals surface area contributed by atoms with Gasteiger partial charge in [-0.05, 0) is 62.5 Å². The number of benzene rings is 2. The van der Waals surface area contributed by atoms with Gasteiger partial charge in [-0.25, -0.2) is 4.39 Å². The lowest BCUT2D eigenvalue weighted by Gasteiger charge is -2.12. The molecule has 0 aliphatic carbocycles. The summed E-state index contributed by atoms with van der Waals surface area (Å²) in [4.78, 5) is 0. The summed E-state index contributed by atoms with van der Waals surface area (Å²) in [5.41, 5.74) is 3.59. The number of aryl methyl sites for hydroxylation is 1. The van der Waals surface area contributed by atoms with Crippen LogP contribution in [0.25, 0.3) is 0 Å². The van der Waals surface area contributed by atoms with Crippen LogP contribution in [0.15, 0.2) is 42.5 Å². The first kappa shape index (κ1) is 20.1. The molecular weight excluding hydrogens is 399 g/mol. The molecule has 5 nitrogen and oxygen atoms in total. The van der Waals surface area contributed by atoms with Crippen molar-refractivity contribution < 1.29 is 9.13 Å². The van der Waals surface area contributed by atoms with Gasteiger partial charge in [-0.3, -0.25) is 4.68 Å². The maximum absolute atomic E-state index is 14.1. The Morgan fingerprint density at radius 2 is 1.89 bits per heavy atom. The zero-order valence-electron chi connectivity index (χ0n) is 15.7. The van der Waals surface area contributed by atoms with Gasteiger partial charge in [-0.1, -0.05) is 17.7 Å². The fraction of sp³-hybridized carbons (Fsp3) is 0.200. The van der Waals surface area contributed by atoms with E-state index in [-0.39, 0.29) is 12.4 Å². The van der Waals surface area contributed by atoms with Crippen molar-refractivity contribution in [2.24, 2.45) is 0 Å². The Labute approximate surface area is 173 Å². The summed E-state index contributed by atoms with van der Waals surface area (Å²) in [5, 5.41) is 11.6. The molecule has 3 aromatic rings. The molecule has 0 saturated heterocycles. The summed E-state index contributed by atoms with van der Waals surface area (Å²) in [6, 6.07) is 12.1. The minimum absolute atomic E-state index is 0.235. The normalized spacial score (nSPS) is 10.6. The van der Waals surface area contributed by atoms with Gasteiger partial charge >= 0.3 is 0 Å². The molecule has 2 aromatic carbocycles. The van der Waals surface area contributed by atoms with Crippen LogP contribution in [-0.2, 0) is 6.54 Å². The van der Waals surface area contributed by atoms with E-state index >= 15 is 0 Å². The van der Waals surface area contributed by atoms with E-state index in [0.29, 0.717) is 15.7 Å². The van der Waals surface area contributed by atoms with Gasteiger partial charge in [0.15, 0.2) is 5.11 Å². The third-order valence-electron chi connectivity index (χ3n) is 4.34. The van der Waals surface area contributed by atoms with Gasteiger partial charge in [0.1, 0.15) is 11.6 Å². The molecule has 0 radical (unpaired) electrons. The van der Waals surface area contributed by atoms with E-state index in [1.807, 2.05) is 38.1 Å². The molecule has 28 heavy (non-hydrogen) atoms. The van der Waals surface area contributed by atoms with Crippen molar-refractivity contribution >= 4 is 40.3 Å². The van der Waals surface area contributed by atoms with Crippen LogP contribution in [0, 0.1) is 19.7 Å². The highest BCUT2D eigenvalue weighted by atomic mass is 35.5. The fourth-order valence-corrected chi connectivity index (χ4v) is 3.26. The van der Waals surface area contributed by atoms with Gasteiger partial charge in [0, 0.05) is 16.3 Å². The number of hydrogen-bond acceptors (Lipinski definition) is 3. The number of anilines is 2. The maximum atomic E-state index is 14.1. The van der Waals surface area contributed by atoms with Crippen LogP contribution in [0.1, 0.15) is 17.0 Å². The Hall–Kier alpha value is -2.64. The SMILES string of the molecule is COc1ccc(NC(=S)Nc2c(C)nn(Cc3c(F)cccc3Cl)c2C)cc1. The standard InChI is InChI=1S/C20H20ClFN4OS/c1-12-19(24-20(28)23-14-7-9-15(27-3)10-8-14)13(2)26(25-12)11-16-17(21)5-4-6-18(16)22/h4-10H,11H2,1-3H3,(H2,23,24,28). The number of hydrogen-bond donors (Lipinski definition) is 2. The minimum atomic E-state index is -0.355. The molecule has 0 saturated carbocycles. The molecule has 0 fully saturated rings. The van der Waals surface area contributed by atoms with Crippen LogP contribution in [0.3, 0.4) is 0 Å². The molecule has 0 unspecified atom stereocenters. The van der Waals surface area contributed by atoms with Crippen molar-refractivity contribution in [3.8, 4) is 5.75 Å². The number of ether oxygens (including phenoxy) is 1. The zero-order valence-corrected chi connectivity index (χ0v) is 17.3. The molecule has 3 rings (SSSR count). The largest absolute Gasteiger partial charge is 0.497 e. The summed E-state index contributed by atoms with van der Waals surface area (Å²) < 4.78 is 21.0. The van der Waals surface area contributed by atoms with Gasteiger partial charge in [0.05, 0.1) is 30.7 Å². The van der Waals surface area contributed by atoms with E-state index in [2.05, 4.69) is 15.7 Å². The second-order valence-electron chi connectivity index (χ2n) is 6.21. The second kappa shape index (κ2) is 8.58. The highest BCUT2D eigenvalue weighted by Crippen LogP contribution is 2.25. The molecule has 0 aliphatic rings. The number of thiocarbonyl (C=S) groups is 1. The van der Waals surface area contributed by atoms with E-state index in [1.54, 1.807) is 23.9 Å². The minimum Gasteiger partial charge on any atom is -0.497 e. The van der Waals surface area contributed by atoms with Gasteiger partial charge in [-0.15, -0.1) is 0 Å². The molecule has 8 heteroatoms. The number of aromatic nitrogens is 2. The molecule has 2 N–H and O–H groups in total. The molecule has 146 valence electrons. The summed E-state index contributed by atoms with van der Waals surface area (Å²) in [6.45, 7) is 4.00. The molecule has 0 atom stereocenters. The lowest BCUT2D eigenvalue weighted by molar-refractivity contribution is 0.415. The zero-order chi connectivity index (χ0) is 20.3. The fourth-order valence-electron chi connectivity index (χ4n) is 2.82. The average Bonchev–Trinajstić information content (AvgIpc) is 2.93. The Morgan fingerprint density at radius 1 is 1.18 bits per heavy atom. The Bertz CT molecular complexity index is 984. The number of rotatable bonds is 5. The number of nitrogens with zero attached hydrogens (tertiary/aromatic N) is 2. The predicted octanol–water partition coefficient (Wildman–Crippen LogP) is 5.16. The van der Waals surface area contributed by atoms with Gasteiger partial charge < -0.3 is 15.4 Å². The van der Waals surface area contributed by atoms with Crippen molar-refractivity contribution in [3.63, 3.8) is 0 Å². The average molecular weight is 419 g/mol. The van der Waals surface area contributed by atoms with E-state index in [9.17, 15) is 4.39 Å². The third kappa shape index (κ3) is 4.43. The molecule has 1 heterocycles. The van der Waals surface area contributed by atoms with Crippen LogP contribution >= 0.6 is 23.8 Å². The number of nitrogens with one attached hydrogen (secondary N) is 2. The lowest BCUT2D eigenvalue weighted by Crippen LogP contribution is -2.20. The van der Waals surface area contributed by atoms with Gasteiger partial charge in [-0.2, -0.15) is 5.10 Å². The first-order valence-corrected chi connectivity index (χ1v) is 9.36. The van der Waals surface area contributed by atoms with Crippen molar-refractivity contribution in [1.29, 1.82) is 0 Å². The van der Waals surface area contributed by atoms with E-state index in [0.717, 1.165) is 28.5 Å². The quantitative estimate of drug-likeness (QED) is 0.560. The molecule has 0 aliphatic heterocycles. The highest BCUT2D eigenvalue weighted by molar-refractivity contribution is 7.80. The van der Waals surface area contributed by atoms with E-state index < -0.39 is 0 Å². The van der Waals surface area contributed by atoms with Gasteiger partial charge in [0.25, 0.3) is 0 Å². The van der Waals surface area contributed by atoms with Crippen LogP contribution in [0.2, 0.25) is 5.02 Å². The predicted molar refractivity (Wildman–Crippen MR) is 115 cm³/mol.